The first-order valence-corrected chi connectivity index (χ1v) is 6.43. The maximum absolute atomic E-state index is 5.93. The van der Waals surface area contributed by atoms with Crippen molar-refractivity contribution < 1.29 is 4.42 Å². The lowest BCUT2D eigenvalue weighted by atomic mass is 10.1. The van der Waals surface area contributed by atoms with Crippen LogP contribution in [0, 0.1) is 0 Å². The van der Waals surface area contributed by atoms with Gasteiger partial charge >= 0.3 is 0 Å². The molecule has 2 heterocycles. The van der Waals surface area contributed by atoms with Crippen LogP contribution in [0.5, 0.6) is 0 Å². The summed E-state index contributed by atoms with van der Waals surface area (Å²) in [6.07, 6.45) is 7.13. The van der Waals surface area contributed by atoms with Crippen LogP contribution in [0.4, 0.5) is 0 Å². The van der Waals surface area contributed by atoms with Crippen LogP contribution in [0.25, 0.3) is 22.1 Å². The summed E-state index contributed by atoms with van der Waals surface area (Å²) in [6.45, 7) is 5.76. The Bertz CT molecular complexity index is 840. The van der Waals surface area contributed by atoms with Crippen LogP contribution in [0.15, 0.2) is 70.9 Å². The van der Waals surface area contributed by atoms with Crippen LogP contribution in [0.1, 0.15) is 12.5 Å². The van der Waals surface area contributed by atoms with E-state index in [4.69, 9.17) is 4.42 Å². The largest absolute Gasteiger partial charge is 0.454 e. The third kappa shape index (κ3) is 1.93. The van der Waals surface area contributed by atoms with Gasteiger partial charge in [-0.2, -0.15) is 0 Å². The number of furan rings is 1. The molecule has 0 spiro atoms. The smallest absolute Gasteiger partial charge is 0.153 e. The first-order chi connectivity index (χ1) is 9.85. The summed E-state index contributed by atoms with van der Waals surface area (Å²) in [5.41, 5.74) is 4.16. The second-order valence-electron chi connectivity index (χ2n) is 4.34. The zero-order chi connectivity index (χ0) is 13.9. The van der Waals surface area contributed by atoms with Gasteiger partial charge in [-0.25, -0.2) is 0 Å². The maximum Gasteiger partial charge on any atom is 0.153 e. The maximum atomic E-state index is 5.93. The normalized spacial score (nSPS) is 12.6. The second-order valence-corrected chi connectivity index (χ2v) is 4.34. The van der Waals surface area contributed by atoms with E-state index in [1.807, 2.05) is 43.3 Å². The van der Waals surface area contributed by atoms with Crippen LogP contribution >= 0.6 is 0 Å². The van der Waals surface area contributed by atoms with E-state index in [1.54, 1.807) is 18.5 Å². The zero-order valence-corrected chi connectivity index (χ0v) is 11.2. The first kappa shape index (κ1) is 12.4. The number of nitrogens with zero attached hydrogens (tertiary/aromatic N) is 2. The molecular weight excluding hydrogens is 248 g/mol. The van der Waals surface area contributed by atoms with E-state index in [0.29, 0.717) is 0 Å². The Kier molecular flexibility index (Phi) is 3.17. The van der Waals surface area contributed by atoms with Gasteiger partial charge in [0.1, 0.15) is 11.1 Å². The summed E-state index contributed by atoms with van der Waals surface area (Å²) in [5.74, 6) is 0. The third-order valence-electron chi connectivity index (χ3n) is 3.08. The Labute approximate surface area is 117 Å². The van der Waals surface area contributed by atoms with Crippen molar-refractivity contribution in [3.8, 4) is 0 Å². The van der Waals surface area contributed by atoms with Crippen molar-refractivity contribution in [1.82, 2.24) is 4.98 Å². The van der Waals surface area contributed by atoms with Gasteiger partial charge in [0.25, 0.3) is 0 Å². The van der Waals surface area contributed by atoms with Crippen LogP contribution in [0.3, 0.4) is 0 Å². The molecule has 3 heteroatoms. The summed E-state index contributed by atoms with van der Waals surface area (Å²) in [7, 11) is 0. The van der Waals surface area contributed by atoms with Gasteiger partial charge in [0.15, 0.2) is 5.58 Å². The zero-order valence-electron chi connectivity index (χ0n) is 11.2. The van der Waals surface area contributed by atoms with Gasteiger partial charge in [0.05, 0.1) is 5.71 Å². The monoisotopic (exact) mass is 262 g/mol. The molecule has 0 bridgehead atoms. The highest BCUT2D eigenvalue weighted by Crippen LogP contribution is 2.29. The molecule has 0 fully saturated rings. The number of rotatable bonds is 3. The van der Waals surface area contributed by atoms with Crippen LogP contribution in [-0.2, 0) is 0 Å². The van der Waals surface area contributed by atoms with Gasteiger partial charge in [-0.05, 0) is 37.3 Å². The predicted molar refractivity (Wildman–Crippen MR) is 83.1 cm³/mol. The SMILES string of the molecule is C=CC(=N/C=C\C)c1cccc2c1oc1cccnc12. The first-order valence-electron chi connectivity index (χ1n) is 6.43. The van der Waals surface area contributed by atoms with Crippen LogP contribution < -0.4 is 0 Å². The van der Waals surface area contributed by atoms with Gasteiger partial charge in [0, 0.05) is 23.3 Å². The molecule has 0 aliphatic rings. The lowest BCUT2D eigenvalue weighted by Gasteiger charge is -2.00. The summed E-state index contributed by atoms with van der Waals surface area (Å²) in [4.78, 5) is 8.77. The Morgan fingerprint density at radius 1 is 1.30 bits per heavy atom. The van der Waals surface area contributed by atoms with E-state index in [1.165, 1.54) is 0 Å². The fourth-order valence-corrected chi connectivity index (χ4v) is 2.21. The van der Waals surface area contributed by atoms with Gasteiger partial charge in [0.2, 0.25) is 0 Å². The number of pyridine rings is 1. The van der Waals surface area contributed by atoms with Crippen molar-refractivity contribution in [2.24, 2.45) is 4.99 Å². The number of benzene rings is 1. The molecule has 0 N–H and O–H groups in total. The minimum Gasteiger partial charge on any atom is -0.454 e. The molecule has 0 saturated heterocycles. The van der Waals surface area contributed by atoms with Crippen LogP contribution in [0.2, 0.25) is 0 Å². The molecule has 0 aliphatic carbocycles. The van der Waals surface area contributed by atoms with Crippen molar-refractivity contribution in [3.63, 3.8) is 0 Å². The fourth-order valence-electron chi connectivity index (χ4n) is 2.21. The second kappa shape index (κ2) is 5.13. The number of aromatic nitrogens is 1. The summed E-state index contributed by atoms with van der Waals surface area (Å²) < 4.78 is 5.93. The minimum atomic E-state index is 0.782. The van der Waals surface area contributed by atoms with Gasteiger partial charge in [-0.3, -0.25) is 9.98 Å². The molecule has 20 heavy (non-hydrogen) atoms. The number of allylic oxidation sites excluding steroid dienone is 2. The highest BCUT2D eigenvalue weighted by molar-refractivity contribution is 6.18. The van der Waals surface area contributed by atoms with E-state index in [9.17, 15) is 0 Å². The average molecular weight is 262 g/mol. The van der Waals surface area contributed by atoms with Crippen LogP contribution in [-0.4, -0.2) is 10.7 Å². The summed E-state index contributed by atoms with van der Waals surface area (Å²) in [6, 6.07) is 9.76. The van der Waals surface area contributed by atoms with Crippen molar-refractivity contribution in [3.05, 3.63) is 67.0 Å². The number of para-hydroxylation sites is 1. The van der Waals surface area contributed by atoms with E-state index in [2.05, 4.69) is 16.6 Å². The molecule has 0 atom stereocenters. The molecule has 0 aliphatic heterocycles. The summed E-state index contributed by atoms with van der Waals surface area (Å²) in [5, 5.41) is 0.994. The molecule has 1 aromatic carbocycles. The van der Waals surface area contributed by atoms with Crippen molar-refractivity contribution >= 4 is 27.8 Å². The van der Waals surface area contributed by atoms with Gasteiger partial charge in [-0.15, -0.1) is 0 Å². The van der Waals surface area contributed by atoms with E-state index < -0.39 is 0 Å². The molecule has 0 amide bonds. The molecule has 0 saturated carbocycles. The molecule has 3 rings (SSSR count). The quantitative estimate of drug-likeness (QED) is 0.652. The number of hydrogen-bond acceptors (Lipinski definition) is 3. The standard InChI is InChI=1S/C17H14N2O/c1-3-10-18-14(4-2)12-7-5-8-13-16-15(20-17(12)13)9-6-11-19-16/h3-11H,2H2,1H3/b10-3-,18-14?. The molecule has 98 valence electrons. The molecule has 0 radical (unpaired) electrons. The predicted octanol–water partition coefficient (Wildman–Crippen LogP) is 4.49. The molecule has 3 nitrogen and oxygen atoms in total. The van der Waals surface area contributed by atoms with Crippen molar-refractivity contribution in [2.75, 3.05) is 0 Å². The van der Waals surface area contributed by atoms with E-state index in [-0.39, 0.29) is 0 Å². The third-order valence-corrected chi connectivity index (χ3v) is 3.08. The van der Waals surface area contributed by atoms with Crippen molar-refractivity contribution in [2.45, 2.75) is 6.92 Å². The molecule has 3 aromatic rings. The molecular formula is C17H14N2O. The summed E-state index contributed by atoms with van der Waals surface area (Å²) >= 11 is 0. The van der Waals surface area contributed by atoms with Gasteiger partial charge < -0.3 is 4.42 Å². The number of hydrogen-bond donors (Lipinski definition) is 0. The Hall–Kier alpha value is -2.68. The highest BCUT2D eigenvalue weighted by atomic mass is 16.3. The number of aliphatic imine (C=N–C) groups is 1. The highest BCUT2D eigenvalue weighted by Gasteiger charge is 2.13. The fraction of sp³-hybridized carbons (Fsp3) is 0.0588. The Morgan fingerprint density at radius 3 is 3.00 bits per heavy atom. The molecule has 2 aromatic heterocycles. The Balaban J connectivity index is 2.34. The lowest BCUT2D eigenvalue weighted by Crippen LogP contribution is -1.95. The van der Waals surface area contributed by atoms with E-state index >= 15 is 0 Å². The molecule has 0 unspecified atom stereocenters. The topological polar surface area (TPSA) is 38.4 Å². The van der Waals surface area contributed by atoms with Gasteiger partial charge in [-0.1, -0.05) is 18.7 Å². The lowest BCUT2D eigenvalue weighted by molar-refractivity contribution is 0.667. The van der Waals surface area contributed by atoms with E-state index in [0.717, 1.165) is 33.3 Å². The Morgan fingerprint density at radius 2 is 2.20 bits per heavy atom. The van der Waals surface area contributed by atoms with Crippen molar-refractivity contribution in [1.29, 1.82) is 0 Å². The number of fused-ring (bicyclic) bond motifs is 3. The average Bonchev–Trinajstić information content (AvgIpc) is 2.87. The minimum absolute atomic E-state index is 0.782.